The van der Waals surface area contributed by atoms with Crippen LogP contribution >= 0.6 is 0 Å². The van der Waals surface area contributed by atoms with Gasteiger partial charge in [0.2, 0.25) is 11.4 Å². The monoisotopic (exact) mass is 625 g/mol. The first-order chi connectivity index (χ1) is 22.5. The molecule has 0 aliphatic carbocycles. The van der Waals surface area contributed by atoms with Crippen molar-refractivity contribution in [1.29, 1.82) is 0 Å². The molecule has 0 bridgehead atoms. The van der Waals surface area contributed by atoms with E-state index in [0.717, 1.165) is 56.3 Å². The number of aryl methyl sites for hydroxylation is 4. The van der Waals surface area contributed by atoms with Crippen molar-refractivity contribution in [2.24, 2.45) is 0 Å². The van der Waals surface area contributed by atoms with Crippen LogP contribution in [0.15, 0.2) is 48.0 Å². The van der Waals surface area contributed by atoms with E-state index in [1.165, 1.54) is 142 Å². The Morgan fingerprint density at radius 1 is 0.413 bits per heavy atom. The number of nitrogens with zero attached hydrogens (tertiary/aromatic N) is 2. The summed E-state index contributed by atoms with van der Waals surface area (Å²) in [4.78, 5) is 0. The van der Waals surface area contributed by atoms with Crippen LogP contribution in [0.4, 0.5) is 0 Å². The van der Waals surface area contributed by atoms with E-state index in [0.29, 0.717) is 0 Å². The lowest BCUT2D eigenvalue weighted by Gasteiger charge is -2.15. The molecule has 46 heavy (non-hydrogen) atoms. The minimum Gasteiger partial charge on any atom is -0.493 e. The first-order valence-corrected chi connectivity index (χ1v) is 19.7. The van der Waals surface area contributed by atoms with Gasteiger partial charge in [0.15, 0.2) is 0 Å². The molecule has 1 aliphatic heterocycles. The summed E-state index contributed by atoms with van der Waals surface area (Å²) in [7, 11) is 0. The SMILES string of the molecule is CCCCCCCCc1cc(CCCC)cc(C2=CC(CCCC)=C(c3cc(CCCC)cc(CCCCCCCC)c3)[N+]2=[N-])c1. The summed E-state index contributed by atoms with van der Waals surface area (Å²) in [6.45, 7) is 11.4. The highest BCUT2D eigenvalue weighted by Gasteiger charge is 2.29. The molecule has 0 spiro atoms. The maximum absolute atomic E-state index is 12.0. The van der Waals surface area contributed by atoms with Gasteiger partial charge in [-0.2, -0.15) is 0 Å². The average Bonchev–Trinajstić information content (AvgIpc) is 3.40. The minimum atomic E-state index is 0.958. The Bertz CT molecular complexity index is 1250. The zero-order valence-corrected chi connectivity index (χ0v) is 30.7. The molecule has 0 saturated carbocycles. The van der Waals surface area contributed by atoms with Crippen LogP contribution in [0.3, 0.4) is 0 Å². The normalized spacial score (nSPS) is 13.2. The summed E-state index contributed by atoms with van der Waals surface area (Å²) in [6.07, 6.45) is 30.7. The van der Waals surface area contributed by atoms with Gasteiger partial charge in [-0.3, -0.25) is 0 Å². The van der Waals surface area contributed by atoms with E-state index in [1.807, 2.05) is 0 Å². The van der Waals surface area contributed by atoms with Crippen molar-refractivity contribution in [2.75, 3.05) is 0 Å². The van der Waals surface area contributed by atoms with Gasteiger partial charge in [0.25, 0.3) is 0 Å². The Kier molecular flexibility index (Phi) is 18.3. The Labute approximate surface area is 284 Å². The summed E-state index contributed by atoms with van der Waals surface area (Å²) in [5.74, 6) is 0. The molecule has 0 aromatic heterocycles. The van der Waals surface area contributed by atoms with Crippen LogP contribution in [-0.2, 0) is 25.7 Å². The van der Waals surface area contributed by atoms with Crippen LogP contribution in [0, 0.1) is 0 Å². The lowest BCUT2D eigenvalue weighted by Crippen LogP contribution is -2.05. The fourth-order valence-corrected chi connectivity index (χ4v) is 6.99. The average molecular weight is 625 g/mol. The maximum Gasteiger partial charge on any atom is 0.210 e. The Balaban J connectivity index is 1.91. The molecule has 2 aromatic rings. The standard InChI is InChI=1S/C44H68N2/c1-6-11-16-18-20-22-26-38-29-36(24-13-8-3)31-41(32-38)43-35-40(28-15-10-5)44(46(43)45)42-33-37(25-14-9-4)30-39(34-42)27-23-21-19-17-12-7-2/h29-35H,6-28H2,1-5H3. The molecule has 2 nitrogen and oxygen atoms in total. The van der Waals surface area contributed by atoms with Crippen LogP contribution < -0.4 is 0 Å². The van der Waals surface area contributed by atoms with E-state index in [2.05, 4.69) is 77.1 Å². The summed E-state index contributed by atoms with van der Waals surface area (Å²) in [5.41, 5.74) is 23.4. The topological polar surface area (TPSA) is 25.3 Å². The van der Waals surface area contributed by atoms with Crippen LogP contribution in [0.5, 0.6) is 0 Å². The molecular formula is C44H68N2. The number of hydrogen-bond acceptors (Lipinski definition) is 0. The van der Waals surface area contributed by atoms with Crippen LogP contribution in [-0.4, -0.2) is 4.70 Å². The molecule has 0 N–H and O–H groups in total. The van der Waals surface area contributed by atoms with E-state index in [4.69, 9.17) is 0 Å². The molecule has 0 atom stereocenters. The predicted octanol–water partition coefficient (Wildman–Crippen LogP) is 14.2. The van der Waals surface area contributed by atoms with Crippen LogP contribution in [0.1, 0.15) is 190 Å². The highest BCUT2D eigenvalue weighted by Crippen LogP contribution is 2.39. The molecule has 2 aromatic carbocycles. The van der Waals surface area contributed by atoms with Crippen molar-refractivity contribution < 1.29 is 4.70 Å². The molecule has 1 aliphatic rings. The number of benzene rings is 2. The third-order valence-corrected chi connectivity index (χ3v) is 9.81. The van der Waals surface area contributed by atoms with Crippen molar-refractivity contribution in [2.45, 2.75) is 182 Å². The second-order valence-corrected chi connectivity index (χ2v) is 14.1. The molecule has 2 heteroatoms. The van der Waals surface area contributed by atoms with Gasteiger partial charge in [-0.15, -0.1) is 0 Å². The summed E-state index contributed by atoms with van der Waals surface area (Å²) < 4.78 is 1.56. The third kappa shape index (κ3) is 12.6. The van der Waals surface area contributed by atoms with Crippen LogP contribution in [0.2, 0.25) is 0 Å². The van der Waals surface area contributed by atoms with Gasteiger partial charge in [0.1, 0.15) is 0 Å². The smallest absolute Gasteiger partial charge is 0.210 e. The van der Waals surface area contributed by atoms with Crippen molar-refractivity contribution in [3.05, 3.63) is 87.0 Å². The fraction of sp³-hybridized carbons (Fsp3) is 0.636. The van der Waals surface area contributed by atoms with E-state index in [1.54, 1.807) is 4.70 Å². The van der Waals surface area contributed by atoms with E-state index in [9.17, 15) is 5.53 Å². The number of unbranched alkanes of at least 4 members (excludes halogenated alkanes) is 13. The third-order valence-electron chi connectivity index (χ3n) is 9.81. The lowest BCUT2D eigenvalue weighted by atomic mass is 9.95. The number of rotatable bonds is 25. The molecule has 0 amide bonds. The lowest BCUT2D eigenvalue weighted by molar-refractivity contribution is -0.344. The summed E-state index contributed by atoms with van der Waals surface area (Å²) >= 11 is 0. The van der Waals surface area contributed by atoms with Gasteiger partial charge in [0, 0.05) is 22.8 Å². The first-order valence-electron chi connectivity index (χ1n) is 19.7. The fourth-order valence-electron chi connectivity index (χ4n) is 6.99. The van der Waals surface area contributed by atoms with E-state index in [-0.39, 0.29) is 0 Å². The molecule has 0 radical (unpaired) electrons. The quantitative estimate of drug-likeness (QED) is 0.0776. The minimum absolute atomic E-state index is 0.958. The van der Waals surface area contributed by atoms with Crippen molar-refractivity contribution in [3.8, 4) is 0 Å². The van der Waals surface area contributed by atoms with E-state index >= 15 is 0 Å². The molecule has 254 valence electrons. The van der Waals surface area contributed by atoms with Crippen molar-refractivity contribution >= 4 is 11.4 Å². The van der Waals surface area contributed by atoms with Crippen molar-refractivity contribution in [3.63, 3.8) is 0 Å². The van der Waals surface area contributed by atoms with Crippen LogP contribution in [0.25, 0.3) is 16.9 Å². The van der Waals surface area contributed by atoms with Gasteiger partial charge < -0.3 is 5.53 Å². The largest absolute Gasteiger partial charge is 0.493 e. The predicted molar refractivity (Wildman–Crippen MR) is 202 cm³/mol. The Morgan fingerprint density at radius 2 is 0.783 bits per heavy atom. The second-order valence-electron chi connectivity index (χ2n) is 14.1. The maximum atomic E-state index is 12.0. The molecule has 1 heterocycles. The molecule has 0 fully saturated rings. The van der Waals surface area contributed by atoms with Gasteiger partial charge in [0.05, 0.1) is 0 Å². The Hall–Kier alpha value is -2.48. The van der Waals surface area contributed by atoms with Gasteiger partial charge in [-0.1, -0.05) is 130 Å². The Morgan fingerprint density at radius 3 is 1.24 bits per heavy atom. The van der Waals surface area contributed by atoms with Gasteiger partial charge in [-0.25, -0.2) is 4.70 Å². The molecular weight excluding hydrogens is 556 g/mol. The zero-order valence-electron chi connectivity index (χ0n) is 30.7. The molecule has 0 unspecified atom stereocenters. The molecule has 3 rings (SSSR count). The zero-order chi connectivity index (χ0) is 33.0. The first kappa shape index (κ1) is 38.0. The summed E-state index contributed by atoms with van der Waals surface area (Å²) in [6, 6.07) is 14.4. The number of allylic oxidation sites excluding steroid dienone is 2. The van der Waals surface area contributed by atoms with Gasteiger partial charge >= 0.3 is 0 Å². The molecule has 0 saturated heterocycles. The van der Waals surface area contributed by atoms with E-state index < -0.39 is 0 Å². The van der Waals surface area contributed by atoms with Gasteiger partial charge in [-0.05, 0) is 111 Å². The van der Waals surface area contributed by atoms with Crippen molar-refractivity contribution in [1.82, 2.24) is 0 Å². The second kappa shape index (κ2) is 22.2. The highest BCUT2D eigenvalue weighted by molar-refractivity contribution is 5.79. The number of hydrogen-bond donors (Lipinski definition) is 0. The summed E-state index contributed by atoms with van der Waals surface area (Å²) in [5, 5.41) is 0. The highest BCUT2D eigenvalue weighted by atomic mass is 15.2.